The number of rotatable bonds is 7. The zero-order chi connectivity index (χ0) is 24.3. The van der Waals surface area contributed by atoms with Gasteiger partial charge >= 0.3 is 0 Å². The normalized spacial score (nSPS) is 19.4. The second-order valence-electron chi connectivity index (χ2n) is 8.33. The van der Waals surface area contributed by atoms with Gasteiger partial charge in [0.05, 0.1) is 28.7 Å². The maximum absolute atomic E-state index is 14.0. The van der Waals surface area contributed by atoms with Crippen molar-refractivity contribution in [2.24, 2.45) is 7.05 Å². The van der Waals surface area contributed by atoms with Crippen LogP contribution in [0.2, 0.25) is 0 Å². The number of benzene rings is 1. The predicted molar refractivity (Wildman–Crippen MR) is 129 cm³/mol. The van der Waals surface area contributed by atoms with Gasteiger partial charge in [0, 0.05) is 29.9 Å². The van der Waals surface area contributed by atoms with Crippen LogP contribution in [0.4, 0.5) is 4.39 Å². The number of nitrogens with zero attached hydrogens (tertiary/aromatic N) is 1. The van der Waals surface area contributed by atoms with E-state index in [0.717, 1.165) is 0 Å². The van der Waals surface area contributed by atoms with E-state index in [9.17, 15) is 22.7 Å². The fourth-order valence-corrected chi connectivity index (χ4v) is 4.97. The van der Waals surface area contributed by atoms with E-state index in [2.05, 4.69) is 6.58 Å². The van der Waals surface area contributed by atoms with Crippen LogP contribution in [0.1, 0.15) is 50.7 Å². The Morgan fingerprint density at radius 3 is 2.48 bits per heavy atom. The summed E-state index contributed by atoms with van der Waals surface area (Å²) in [5, 5.41) is 9.81. The average Bonchev–Trinajstić information content (AvgIpc) is 2.78. The lowest BCUT2D eigenvalue weighted by Crippen LogP contribution is -2.26. The molecule has 0 saturated heterocycles. The number of aliphatic hydroxyl groups excluding tert-OH is 1. The van der Waals surface area contributed by atoms with Gasteiger partial charge in [0.15, 0.2) is 9.84 Å². The van der Waals surface area contributed by atoms with Crippen molar-refractivity contribution in [2.45, 2.75) is 56.6 Å². The molecule has 1 heterocycles. The molecule has 178 valence electrons. The quantitative estimate of drug-likeness (QED) is 0.637. The van der Waals surface area contributed by atoms with E-state index in [1.54, 1.807) is 26.2 Å². The predicted octanol–water partition coefficient (Wildman–Crippen LogP) is 4.50. The fourth-order valence-electron chi connectivity index (χ4n) is 4.06. The summed E-state index contributed by atoms with van der Waals surface area (Å²) in [6.45, 7) is 6.55. The van der Waals surface area contributed by atoms with Crippen LogP contribution in [0.3, 0.4) is 0 Å². The number of aryl methyl sites for hydroxylation is 1. The number of allylic oxidation sites excluding steroid dienone is 1. The van der Waals surface area contributed by atoms with E-state index in [1.807, 2.05) is 0 Å². The fraction of sp³-hybridized carbons (Fsp3) is 0.400. The van der Waals surface area contributed by atoms with Gasteiger partial charge in [-0.3, -0.25) is 4.79 Å². The molecule has 33 heavy (non-hydrogen) atoms. The molecule has 0 aliphatic heterocycles. The van der Waals surface area contributed by atoms with Crippen molar-refractivity contribution < 1.29 is 22.7 Å². The molecule has 6 nitrogen and oxygen atoms in total. The Hall–Kier alpha value is -2.71. The van der Waals surface area contributed by atoms with E-state index in [4.69, 9.17) is 4.74 Å². The minimum absolute atomic E-state index is 0.0747. The molecule has 0 radical (unpaired) electrons. The van der Waals surface area contributed by atoms with Crippen molar-refractivity contribution in [3.8, 4) is 16.9 Å². The standard InChI is InChI=1S/C25H30FNO5S/c1-5-20-21(13-16(3)26)23(15-27(4)25(20)29)22-14-19(33(30,31)6-2)11-12-24(22)32-18-9-7-17(28)8-10-18/h5,11-15,17-18,28H,1,6-10H2,2-4H3/b16-13+. The van der Waals surface area contributed by atoms with Gasteiger partial charge in [0.25, 0.3) is 5.56 Å². The van der Waals surface area contributed by atoms with Crippen molar-refractivity contribution in [1.82, 2.24) is 4.57 Å². The molecule has 8 heteroatoms. The largest absolute Gasteiger partial charge is 0.490 e. The first-order valence-corrected chi connectivity index (χ1v) is 12.6. The zero-order valence-electron chi connectivity index (χ0n) is 19.2. The third-order valence-electron chi connectivity index (χ3n) is 5.92. The molecule has 0 amide bonds. The van der Waals surface area contributed by atoms with Crippen molar-refractivity contribution in [2.75, 3.05) is 5.75 Å². The van der Waals surface area contributed by atoms with Gasteiger partial charge in [-0.25, -0.2) is 12.8 Å². The van der Waals surface area contributed by atoms with Gasteiger partial charge in [0.2, 0.25) is 0 Å². The molecule has 1 N–H and O–H groups in total. The number of hydrogen-bond acceptors (Lipinski definition) is 5. The Bertz CT molecular complexity index is 1230. The van der Waals surface area contributed by atoms with Gasteiger partial charge in [-0.05, 0) is 62.4 Å². The molecular formula is C25H30FNO5S. The molecule has 0 spiro atoms. The minimum atomic E-state index is -3.52. The zero-order valence-corrected chi connectivity index (χ0v) is 20.0. The lowest BCUT2D eigenvalue weighted by molar-refractivity contribution is 0.0668. The number of hydrogen-bond donors (Lipinski definition) is 1. The smallest absolute Gasteiger partial charge is 0.258 e. The summed E-state index contributed by atoms with van der Waals surface area (Å²) >= 11 is 0. The van der Waals surface area contributed by atoms with Crippen LogP contribution < -0.4 is 10.3 Å². The van der Waals surface area contributed by atoms with E-state index >= 15 is 0 Å². The third-order valence-corrected chi connectivity index (χ3v) is 7.65. The Kier molecular flexibility index (Phi) is 7.59. The molecule has 1 aliphatic rings. The first-order chi connectivity index (χ1) is 15.6. The van der Waals surface area contributed by atoms with Crippen LogP contribution >= 0.6 is 0 Å². The van der Waals surface area contributed by atoms with Gasteiger partial charge in [-0.15, -0.1) is 0 Å². The molecular weight excluding hydrogens is 445 g/mol. The van der Waals surface area contributed by atoms with Gasteiger partial charge in [-0.2, -0.15) is 0 Å². The van der Waals surface area contributed by atoms with Crippen molar-refractivity contribution in [1.29, 1.82) is 0 Å². The summed E-state index contributed by atoms with van der Waals surface area (Å²) in [4.78, 5) is 12.8. The summed E-state index contributed by atoms with van der Waals surface area (Å²) in [6, 6.07) is 4.63. The Labute approximate surface area is 194 Å². The molecule has 1 aromatic carbocycles. The SMILES string of the molecule is C=Cc1c(/C=C(\C)F)c(-c2cc(S(=O)(=O)CC)ccc2OC2CCC(O)CC2)cn(C)c1=O. The summed E-state index contributed by atoms with van der Waals surface area (Å²) in [7, 11) is -1.95. The van der Waals surface area contributed by atoms with Gasteiger partial charge in [-0.1, -0.05) is 19.6 Å². The molecule has 1 saturated carbocycles. The summed E-state index contributed by atoms with van der Waals surface area (Å²) in [6.07, 6.45) is 6.26. The molecule has 0 unspecified atom stereocenters. The lowest BCUT2D eigenvalue weighted by Gasteiger charge is -2.27. The third kappa shape index (κ3) is 5.45. The Balaban J connectivity index is 2.28. The monoisotopic (exact) mass is 475 g/mol. The number of pyridine rings is 1. The number of ether oxygens (including phenoxy) is 1. The number of aliphatic hydroxyl groups is 1. The maximum Gasteiger partial charge on any atom is 0.258 e. The molecule has 1 fully saturated rings. The Morgan fingerprint density at radius 2 is 1.91 bits per heavy atom. The average molecular weight is 476 g/mol. The summed E-state index contributed by atoms with van der Waals surface area (Å²) in [5.74, 6) is -0.144. The first kappa shape index (κ1) is 24.9. The minimum Gasteiger partial charge on any atom is -0.490 e. The lowest BCUT2D eigenvalue weighted by atomic mass is 9.94. The number of halogens is 1. The highest BCUT2D eigenvalue weighted by molar-refractivity contribution is 7.91. The summed E-state index contributed by atoms with van der Waals surface area (Å²) in [5.41, 5.74) is 1.08. The van der Waals surface area contributed by atoms with Gasteiger partial charge < -0.3 is 14.4 Å². The molecule has 1 aromatic heterocycles. The maximum atomic E-state index is 14.0. The van der Waals surface area contributed by atoms with Crippen molar-refractivity contribution in [3.05, 3.63) is 58.3 Å². The molecule has 0 atom stereocenters. The van der Waals surface area contributed by atoms with Crippen LogP contribution in [0.5, 0.6) is 5.75 Å². The van der Waals surface area contributed by atoms with Crippen molar-refractivity contribution >= 4 is 22.0 Å². The van der Waals surface area contributed by atoms with Crippen LogP contribution in [-0.4, -0.2) is 36.1 Å². The van der Waals surface area contributed by atoms with E-state index in [1.165, 1.54) is 35.8 Å². The molecule has 0 bridgehead atoms. The highest BCUT2D eigenvalue weighted by atomic mass is 32.2. The van der Waals surface area contributed by atoms with Crippen LogP contribution in [0.25, 0.3) is 23.3 Å². The van der Waals surface area contributed by atoms with E-state index in [0.29, 0.717) is 48.1 Å². The molecule has 3 rings (SSSR count). The molecule has 1 aliphatic carbocycles. The van der Waals surface area contributed by atoms with Crippen LogP contribution in [-0.2, 0) is 16.9 Å². The van der Waals surface area contributed by atoms with Gasteiger partial charge in [0.1, 0.15) is 5.75 Å². The summed E-state index contributed by atoms with van der Waals surface area (Å²) < 4.78 is 46.9. The number of aromatic nitrogens is 1. The van der Waals surface area contributed by atoms with E-state index < -0.39 is 15.7 Å². The second kappa shape index (κ2) is 10.1. The van der Waals surface area contributed by atoms with Crippen LogP contribution in [0, 0.1) is 0 Å². The first-order valence-electron chi connectivity index (χ1n) is 11.0. The highest BCUT2D eigenvalue weighted by Crippen LogP contribution is 2.38. The van der Waals surface area contributed by atoms with Crippen molar-refractivity contribution in [3.63, 3.8) is 0 Å². The Morgan fingerprint density at radius 1 is 1.24 bits per heavy atom. The second-order valence-corrected chi connectivity index (χ2v) is 10.6. The number of sulfone groups is 1. The molecule has 2 aromatic rings. The van der Waals surface area contributed by atoms with Crippen LogP contribution in [0.15, 0.2) is 46.5 Å². The topological polar surface area (TPSA) is 85.6 Å². The van der Waals surface area contributed by atoms with E-state index in [-0.39, 0.29) is 34.0 Å². The highest BCUT2D eigenvalue weighted by Gasteiger charge is 2.24.